The first-order valence-electron chi connectivity index (χ1n) is 6.51. The third-order valence-corrected chi connectivity index (χ3v) is 3.48. The third kappa shape index (κ3) is 3.40. The van der Waals surface area contributed by atoms with Gasteiger partial charge in [0.2, 0.25) is 0 Å². The minimum Gasteiger partial charge on any atom is -0.388 e. The van der Waals surface area contributed by atoms with Gasteiger partial charge in [-0.1, -0.05) is 54.1 Å². The van der Waals surface area contributed by atoms with Gasteiger partial charge in [-0.05, 0) is 12.5 Å². The van der Waals surface area contributed by atoms with Crippen LogP contribution in [0.2, 0.25) is 0 Å². The molecule has 0 amide bonds. The molecular weight excluding hydrogens is 236 g/mol. The van der Waals surface area contributed by atoms with Gasteiger partial charge in [0, 0.05) is 24.1 Å². The van der Waals surface area contributed by atoms with Crippen molar-refractivity contribution in [3.8, 4) is 0 Å². The van der Waals surface area contributed by atoms with Crippen LogP contribution in [0.1, 0.15) is 17.5 Å². The van der Waals surface area contributed by atoms with Crippen molar-refractivity contribution in [3.63, 3.8) is 0 Å². The third-order valence-electron chi connectivity index (χ3n) is 3.48. The van der Waals surface area contributed by atoms with Crippen molar-refractivity contribution in [3.05, 3.63) is 59.7 Å². The van der Waals surface area contributed by atoms with Crippen LogP contribution in [0.25, 0.3) is 0 Å². The van der Waals surface area contributed by atoms with E-state index in [2.05, 4.69) is 0 Å². The minimum absolute atomic E-state index is 0.115. The quantitative estimate of drug-likeness (QED) is 0.723. The van der Waals surface area contributed by atoms with E-state index < -0.39 is 6.10 Å². The van der Waals surface area contributed by atoms with Gasteiger partial charge in [-0.25, -0.2) is 0 Å². The molecule has 0 aromatic heterocycles. The monoisotopic (exact) mass is 256 g/mol. The maximum absolute atomic E-state index is 9.87. The number of aliphatic hydroxyl groups is 1. The highest BCUT2D eigenvalue weighted by Gasteiger charge is 2.24. The van der Waals surface area contributed by atoms with Crippen molar-refractivity contribution in [2.45, 2.75) is 25.5 Å². The summed E-state index contributed by atoms with van der Waals surface area (Å²) in [6.45, 7) is 2.02. The van der Waals surface area contributed by atoms with E-state index in [1.54, 1.807) is 6.08 Å². The molecule has 0 spiro atoms. The molecule has 3 unspecified atom stereocenters. The molecule has 0 aliphatic heterocycles. The van der Waals surface area contributed by atoms with Crippen LogP contribution in [-0.4, -0.2) is 23.0 Å². The lowest BCUT2D eigenvalue weighted by Gasteiger charge is -2.26. The zero-order valence-corrected chi connectivity index (χ0v) is 11.1. The Morgan fingerprint density at radius 2 is 1.89 bits per heavy atom. The van der Waals surface area contributed by atoms with Crippen LogP contribution in [0, 0.1) is 18.3 Å². The number of allylic oxidation sites excluding steroid dienone is 2. The zero-order valence-electron chi connectivity index (χ0n) is 11.1. The second-order valence-corrected chi connectivity index (χ2v) is 5.05. The molecule has 2 rings (SSSR count). The topological polar surface area (TPSA) is 70.1 Å². The first-order chi connectivity index (χ1) is 9.08. The van der Waals surface area contributed by atoms with Gasteiger partial charge in [-0.3, -0.25) is 0 Å². The first kappa shape index (κ1) is 13.7. The van der Waals surface area contributed by atoms with Gasteiger partial charge >= 0.3 is 0 Å². The molecule has 19 heavy (non-hydrogen) atoms. The van der Waals surface area contributed by atoms with Crippen LogP contribution in [0.3, 0.4) is 0 Å². The Morgan fingerprint density at radius 3 is 2.53 bits per heavy atom. The van der Waals surface area contributed by atoms with E-state index in [0.717, 1.165) is 5.56 Å². The largest absolute Gasteiger partial charge is 0.388 e. The number of aryl methyl sites for hydroxylation is 1. The molecule has 4 N–H and O–H groups in total. The van der Waals surface area contributed by atoms with Gasteiger partial charge in [0.25, 0.3) is 0 Å². The van der Waals surface area contributed by atoms with Crippen molar-refractivity contribution in [1.29, 1.82) is 5.41 Å². The normalized spacial score (nSPS) is 23.3. The molecule has 0 heterocycles. The number of benzene rings is 1. The zero-order chi connectivity index (χ0) is 13.8. The number of hydrogen-bond acceptors (Lipinski definition) is 3. The second kappa shape index (κ2) is 5.95. The molecule has 0 saturated heterocycles. The van der Waals surface area contributed by atoms with Crippen molar-refractivity contribution in [2.75, 3.05) is 0 Å². The summed E-state index contributed by atoms with van der Waals surface area (Å²) in [7, 11) is 0. The Kier molecular flexibility index (Phi) is 4.30. The summed E-state index contributed by atoms with van der Waals surface area (Å²) in [5.41, 5.74) is 8.71. The molecule has 1 aliphatic carbocycles. The maximum atomic E-state index is 9.87. The van der Waals surface area contributed by atoms with Crippen LogP contribution in [0.15, 0.2) is 48.6 Å². The molecule has 1 aromatic carbocycles. The second-order valence-electron chi connectivity index (χ2n) is 5.05. The van der Waals surface area contributed by atoms with E-state index >= 15 is 0 Å². The Balaban J connectivity index is 2.00. The number of nitrogens with two attached hydrogens (primary N) is 1. The van der Waals surface area contributed by atoms with Gasteiger partial charge < -0.3 is 16.2 Å². The summed E-state index contributed by atoms with van der Waals surface area (Å²) in [5.74, 6) is -0.115. The lowest BCUT2D eigenvalue weighted by molar-refractivity contribution is 0.161. The molecule has 100 valence electrons. The standard InChI is InChI=1S/C16H20N2O/c1-11-6-8-12(9-7-11)14(17)10-15(18)13-4-2-3-5-16(13)19/h2-9,13,15-17,19H,10,18H2,1H3. The van der Waals surface area contributed by atoms with E-state index in [4.69, 9.17) is 11.1 Å². The van der Waals surface area contributed by atoms with Crippen molar-refractivity contribution in [1.82, 2.24) is 0 Å². The number of rotatable bonds is 4. The highest BCUT2D eigenvalue weighted by atomic mass is 16.3. The van der Waals surface area contributed by atoms with E-state index in [0.29, 0.717) is 12.1 Å². The van der Waals surface area contributed by atoms with E-state index in [-0.39, 0.29) is 12.0 Å². The molecule has 1 aromatic rings. The predicted octanol–water partition coefficient (Wildman–Crippen LogP) is 2.18. The molecule has 3 heteroatoms. The van der Waals surface area contributed by atoms with Crippen molar-refractivity contribution in [2.24, 2.45) is 11.7 Å². The Labute approximate surface area is 114 Å². The van der Waals surface area contributed by atoms with E-state index in [1.807, 2.05) is 49.4 Å². The van der Waals surface area contributed by atoms with Crippen molar-refractivity contribution < 1.29 is 5.11 Å². The number of aliphatic hydroxyl groups excluding tert-OH is 1. The minimum atomic E-state index is -0.550. The summed E-state index contributed by atoms with van der Waals surface area (Å²) < 4.78 is 0. The molecule has 0 bridgehead atoms. The smallest absolute Gasteiger partial charge is 0.0801 e. The molecule has 3 nitrogen and oxygen atoms in total. The van der Waals surface area contributed by atoms with Crippen LogP contribution in [0.5, 0.6) is 0 Å². The number of hydrogen-bond donors (Lipinski definition) is 3. The van der Waals surface area contributed by atoms with Gasteiger partial charge in [0.15, 0.2) is 0 Å². The molecule has 0 saturated carbocycles. The average Bonchev–Trinajstić information content (AvgIpc) is 2.39. The fourth-order valence-electron chi connectivity index (χ4n) is 2.25. The average molecular weight is 256 g/mol. The fourth-order valence-corrected chi connectivity index (χ4v) is 2.25. The predicted molar refractivity (Wildman–Crippen MR) is 78.4 cm³/mol. The molecule has 3 atom stereocenters. The lowest BCUT2D eigenvalue weighted by Crippen LogP contribution is -2.38. The van der Waals surface area contributed by atoms with E-state index in [9.17, 15) is 5.11 Å². The molecule has 1 aliphatic rings. The molecule has 0 radical (unpaired) electrons. The summed E-state index contributed by atoms with van der Waals surface area (Å²) >= 11 is 0. The van der Waals surface area contributed by atoms with Crippen LogP contribution < -0.4 is 5.73 Å². The summed E-state index contributed by atoms with van der Waals surface area (Å²) in [4.78, 5) is 0. The van der Waals surface area contributed by atoms with Crippen LogP contribution in [-0.2, 0) is 0 Å². The Morgan fingerprint density at radius 1 is 1.26 bits per heavy atom. The SMILES string of the molecule is Cc1ccc(C(=N)CC(N)C2C=CC=CC2O)cc1. The summed E-state index contributed by atoms with van der Waals surface area (Å²) in [5, 5.41) is 18.0. The van der Waals surface area contributed by atoms with Gasteiger partial charge in [-0.2, -0.15) is 0 Å². The van der Waals surface area contributed by atoms with Gasteiger partial charge in [0.05, 0.1) is 6.10 Å². The Hall–Kier alpha value is -1.71. The van der Waals surface area contributed by atoms with E-state index in [1.165, 1.54) is 5.56 Å². The lowest BCUT2D eigenvalue weighted by atomic mass is 9.87. The molecule has 0 fully saturated rings. The highest BCUT2D eigenvalue weighted by Crippen LogP contribution is 2.19. The maximum Gasteiger partial charge on any atom is 0.0801 e. The fraction of sp³-hybridized carbons (Fsp3) is 0.312. The highest BCUT2D eigenvalue weighted by molar-refractivity contribution is 5.98. The first-order valence-corrected chi connectivity index (χ1v) is 6.51. The van der Waals surface area contributed by atoms with Crippen LogP contribution >= 0.6 is 0 Å². The summed E-state index contributed by atoms with van der Waals surface area (Å²) in [6, 6.07) is 7.63. The number of nitrogens with one attached hydrogen (secondary N) is 1. The summed E-state index contributed by atoms with van der Waals surface area (Å²) in [6.07, 6.45) is 7.28. The van der Waals surface area contributed by atoms with Gasteiger partial charge in [0.1, 0.15) is 0 Å². The molecular formula is C16H20N2O. The Bertz CT molecular complexity index is 502. The van der Waals surface area contributed by atoms with Gasteiger partial charge in [-0.15, -0.1) is 0 Å². The van der Waals surface area contributed by atoms with Crippen LogP contribution in [0.4, 0.5) is 0 Å². The van der Waals surface area contributed by atoms with Crippen molar-refractivity contribution >= 4 is 5.71 Å².